The minimum atomic E-state index is -2.96. The van der Waals surface area contributed by atoms with Crippen LogP contribution in [0, 0.1) is 0 Å². The van der Waals surface area contributed by atoms with Gasteiger partial charge in [0.15, 0.2) is 0 Å². The van der Waals surface area contributed by atoms with Crippen molar-refractivity contribution < 1.29 is 45.1 Å². The van der Waals surface area contributed by atoms with E-state index < -0.39 is 20.3 Å². The number of hydrogen-bond donors (Lipinski definition) is 0. The molecule has 0 saturated carbocycles. The van der Waals surface area contributed by atoms with Crippen molar-refractivity contribution in [2.24, 2.45) is 0 Å². The van der Waals surface area contributed by atoms with Gasteiger partial charge >= 0.3 is 336 Å². The first-order valence-electron chi connectivity index (χ1n) is 21.2. The molecule has 0 spiro atoms. The van der Waals surface area contributed by atoms with Crippen LogP contribution in [-0.2, 0) is 41.9 Å². The van der Waals surface area contributed by atoms with Crippen LogP contribution in [0.25, 0.3) is 34.4 Å². The number of fused-ring (bicyclic) bond motifs is 2. The van der Waals surface area contributed by atoms with Crippen LogP contribution in [0.1, 0.15) is 168 Å². The standard InChI is InChI=1S/2C25H31.C3H6.2ClH.Zr/c2*1-8-17-12-18-10-9-11-22(23(18)13-17)19-14-20(24(2,3)4)16-21(15-19)25(5,6)7;1-3-2;;;/h2*9-16H,8H2,1-7H3;1-3H2;2*1H;/q;;;;;+2/p-2. The van der Waals surface area contributed by atoms with Gasteiger partial charge < -0.3 is 24.8 Å². The topological polar surface area (TPSA) is 0 Å². The van der Waals surface area contributed by atoms with Gasteiger partial charge in [-0.2, -0.15) is 0 Å². The summed E-state index contributed by atoms with van der Waals surface area (Å²) in [4.78, 5) is 0. The van der Waals surface area contributed by atoms with Crippen molar-refractivity contribution in [1.82, 2.24) is 0 Å². The SMILES string of the molecule is CCC1=Cc2c(-c3cc(C(C)(C)C)cc(C(C)(C)C)c3)cccc2[CH]1[Zr+2]1([CH]2C(CC)=Cc3c(-c4cc(C(C)(C)C)cc(C(C)(C)C)c4)cccc32)[CH2]C[CH2]1.[Cl-].[Cl-]. The van der Waals surface area contributed by atoms with Gasteiger partial charge in [-0.1, -0.05) is 0 Å². The van der Waals surface area contributed by atoms with Crippen molar-refractivity contribution in [2.75, 3.05) is 0 Å². The summed E-state index contributed by atoms with van der Waals surface area (Å²) >= 11 is -2.96. The summed E-state index contributed by atoms with van der Waals surface area (Å²) in [7, 11) is 0. The van der Waals surface area contributed by atoms with Gasteiger partial charge in [-0.25, -0.2) is 0 Å². The number of rotatable bonds is 6. The van der Waals surface area contributed by atoms with E-state index in [9.17, 15) is 0 Å². The minimum absolute atomic E-state index is 0. The third kappa shape index (κ3) is 7.94. The maximum atomic E-state index is 2.68. The van der Waals surface area contributed by atoms with Gasteiger partial charge in [-0.15, -0.1) is 0 Å². The Hall–Kier alpha value is -2.18. The molecule has 0 radical (unpaired) electrons. The van der Waals surface area contributed by atoms with E-state index in [0.717, 1.165) is 12.8 Å². The van der Waals surface area contributed by atoms with Crippen LogP contribution in [0.15, 0.2) is 83.9 Å². The third-order valence-electron chi connectivity index (χ3n) is 13.5. The van der Waals surface area contributed by atoms with Crippen LogP contribution < -0.4 is 24.8 Å². The molecule has 298 valence electrons. The van der Waals surface area contributed by atoms with Crippen LogP contribution in [-0.4, -0.2) is 0 Å². The van der Waals surface area contributed by atoms with Crippen molar-refractivity contribution in [3.05, 3.63) is 128 Å². The molecule has 0 aromatic heterocycles. The number of allylic oxidation sites excluding steroid dienone is 2. The molecule has 4 aromatic rings. The Labute approximate surface area is 358 Å². The quantitative estimate of drug-likeness (QED) is 0.181. The zero-order valence-electron chi connectivity index (χ0n) is 37.0. The van der Waals surface area contributed by atoms with E-state index in [1.165, 1.54) is 70.3 Å². The predicted octanol–water partition coefficient (Wildman–Crippen LogP) is 10.0. The van der Waals surface area contributed by atoms with Crippen molar-refractivity contribution in [1.29, 1.82) is 0 Å². The molecule has 0 bridgehead atoms. The minimum Gasteiger partial charge on any atom is -1.00 e. The Balaban J connectivity index is 0.00000300. The molecule has 0 N–H and O–H groups in total. The molecule has 0 nitrogen and oxygen atoms in total. The number of hydrogen-bond acceptors (Lipinski definition) is 0. The molecule has 2 unspecified atom stereocenters. The van der Waals surface area contributed by atoms with Gasteiger partial charge in [0.1, 0.15) is 0 Å². The maximum Gasteiger partial charge on any atom is -1.00 e. The van der Waals surface area contributed by atoms with E-state index >= 15 is 0 Å². The van der Waals surface area contributed by atoms with Crippen molar-refractivity contribution in [3.8, 4) is 22.3 Å². The second-order valence-corrected chi connectivity index (χ2v) is 32.7. The van der Waals surface area contributed by atoms with Gasteiger partial charge in [0, 0.05) is 0 Å². The first-order valence-corrected chi connectivity index (χ1v) is 27.5. The van der Waals surface area contributed by atoms with E-state index in [-0.39, 0.29) is 46.5 Å². The molecule has 2 aliphatic carbocycles. The molecular formula is C53H68Cl2Zr. The van der Waals surface area contributed by atoms with Gasteiger partial charge in [0.05, 0.1) is 0 Å². The summed E-state index contributed by atoms with van der Waals surface area (Å²) in [6, 6.07) is 29.7. The molecule has 3 aliphatic rings. The van der Waals surface area contributed by atoms with E-state index in [2.05, 4.69) is 182 Å². The molecule has 56 heavy (non-hydrogen) atoms. The Morgan fingerprint density at radius 3 is 1.05 bits per heavy atom. The predicted molar refractivity (Wildman–Crippen MR) is 235 cm³/mol. The van der Waals surface area contributed by atoms with Crippen LogP contribution >= 0.6 is 0 Å². The average Bonchev–Trinajstić information content (AvgIpc) is 3.65. The summed E-state index contributed by atoms with van der Waals surface area (Å²) in [5.74, 6) is 0. The van der Waals surface area contributed by atoms with Crippen molar-refractivity contribution in [3.63, 3.8) is 0 Å². The first kappa shape index (κ1) is 44.9. The Kier molecular flexibility index (Phi) is 12.7. The zero-order chi connectivity index (χ0) is 39.2. The monoisotopic (exact) mass is 864 g/mol. The molecular weight excluding hydrogens is 799 g/mol. The van der Waals surface area contributed by atoms with E-state index in [1.54, 1.807) is 22.3 Å². The Morgan fingerprint density at radius 2 is 0.804 bits per heavy atom. The second kappa shape index (κ2) is 15.8. The Bertz CT molecular complexity index is 1950. The van der Waals surface area contributed by atoms with Crippen LogP contribution in [0.2, 0.25) is 8.26 Å². The van der Waals surface area contributed by atoms with Gasteiger partial charge in [0.2, 0.25) is 0 Å². The van der Waals surface area contributed by atoms with E-state index in [1.807, 2.05) is 0 Å². The van der Waals surface area contributed by atoms with E-state index in [0.29, 0.717) is 7.25 Å². The summed E-state index contributed by atoms with van der Waals surface area (Å²) in [5, 5.41) is 0. The zero-order valence-corrected chi connectivity index (χ0v) is 41.0. The summed E-state index contributed by atoms with van der Waals surface area (Å²) in [6.07, 6.45) is 9.06. The normalized spacial score (nSPS) is 18.3. The molecule has 1 heterocycles. The molecule has 3 heteroatoms. The molecule has 2 atom stereocenters. The molecule has 0 amide bonds. The molecule has 1 fully saturated rings. The van der Waals surface area contributed by atoms with Crippen molar-refractivity contribution >= 4 is 12.2 Å². The van der Waals surface area contributed by atoms with Crippen LogP contribution in [0.4, 0.5) is 0 Å². The molecule has 4 aromatic carbocycles. The van der Waals surface area contributed by atoms with Gasteiger partial charge in [-0.3, -0.25) is 0 Å². The maximum absolute atomic E-state index is 2.96. The van der Waals surface area contributed by atoms with Crippen LogP contribution in [0.3, 0.4) is 0 Å². The third-order valence-corrected chi connectivity index (χ3v) is 28.8. The fourth-order valence-corrected chi connectivity index (χ4v) is 25.9. The molecule has 1 aliphatic heterocycles. The second-order valence-electron chi connectivity index (χ2n) is 21.3. The summed E-state index contributed by atoms with van der Waals surface area (Å²) < 4.78 is 4.28. The van der Waals surface area contributed by atoms with Gasteiger partial charge in [0.25, 0.3) is 0 Å². The summed E-state index contributed by atoms with van der Waals surface area (Å²) in [5.41, 5.74) is 21.6. The average molecular weight is 867 g/mol. The molecule has 1 saturated heterocycles. The Morgan fingerprint density at radius 1 is 0.482 bits per heavy atom. The van der Waals surface area contributed by atoms with Crippen molar-refractivity contribution in [2.45, 2.75) is 153 Å². The smallest absolute Gasteiger partial charge is 1.00 e. The largest absolute Gasteiger partial charge is 1.00 e. The number of benzene rings is 4. The summed E-state index contributed by atoms with van der Waals surface area (Å²) in [6.45, 7) is 33.2. The number of halogens is 2. The molecule has 7 rings (SSSR count). The fraction of sp³-hybridized carbons (Fsp3) is 0.472. The fourth-order valence-electron chi connectivity index (χ4n) is 10.0. The van der Waals surface area contributed by atoms with Gasteiger partial charge in [-0.05, 0) is 0 Å². The first-order chi connectivity index (χ1) is 25.2. The van der Waals surface area contributed by atoms with E-state index in [4.69, 9.17) is 0 Å². The van der Waals surface area contributed by atoms with Crippen LogP contribution in [0.5, 0.6) is 0 Å².